The lowest BCUT2D eigenvalue weighted by Crippen LogP contribution is -2.37. The Bertz CT molecular complexity index is 1210. The second-order valence-electron chi connectivity index (χ2n) is 8.97. The summed E-state index contributed by atoms with van der Waals surface area (Å²) in [7, 11) is 3.96. The first-order valence-electron chi connectivity index (χ1n) is 11.9. The van der Waals surface area contributed by atoms with E-state index in [1.165, 1.54) is 4.90 Å². The molecule has 0 spiro atoms. The number of nitrogens with zero attached hydrogens (tertiary/aromatic N) is 3. The maximum atomic E-state index is 13.9. The SMILES string of the molecule is CCCOc1ccccc1N1C(=O)[C@@H]2[C@@H](c3ccc(N(C)C)cc3)N(c3ccccc3)O[C@H]2C1=O. The smallest absolute Gasteiger partial charge is 0.266 e. The minimum absolute atomic E-state index is 0.285. The average Bonchev–Trinajstić information content (AvgIpc) is 3.39. The van der Waals surface area contributed by atoms with Gasteiger partial charge < -0.3 is 9.64 Å². The van der Waals surface area contributed by atoms with Gasteiger partial charge in [0.2, 0.25) is 5.91 Å². The predicted octanol–water partition coefficient (Wildman–Crippen LogP) is 4.59. The lowest BCUT2D eigenvalue weighted by atomic mass is 9.90. The van der Waals surface area contributed by atoms with E-state index >= 15 is 0 Å². The van der Waals surface area contributed by atoms with Crippen molar-refractivity contribution >= 4 is 28.9 Å². The number of imide groups is 1. The summed E-state index contributed by atoms with van der Waals surface area (Å²) >= 11 is 0. The molecule has 0 radical (unpaired) electrons. The minimum Gasteiger partial charge on any atom is -0.491 e. The number of anilines is 3. The van der Waals surface area contributed by atoms with Crippen molar-refractivity contribution in [2.45, 2.75) is 25.5 Å². The lowest BCUT2D eigenvalue weighted by Gasteiger charge is -2.29. The summed E-state index contributed by atoms with van der Waals surface area (Å²) in [5, 5.41) is 1.71. The van der Waals surface area contributed by atoms with Crippen LogP contribution in [-0.2, 0) is 14.4 Å². The number of hydrogen-bond donors (Lipinski definition) is 0. The second-order valence-corrected chi connectivity index (χ2v) is 8.97. The van der Waals surface area contributed by atoms with E-state index in [0.717, 1.165) is 23.4 Å². The molecular formula is C28H29N3O4. The van der Waals surface area contributed by atoms with E-state index in [4.69, 9.17) is 9.57 Å². The molecule has 3 atom stereocenters. The molecule has 180 valence electrons. The van der Waals surface area contributed by atoms with E-state index in [-0.39, 0.29) is 11.8 Å². The topological polar surface area (TPSA) is 62.3 Å². The van der Waals surface area contributed by atoms with E-state index in [2.05, 4.69) is 0 Å². The highest BCUT2D eigenvalue weighted by Crippen LogP contribution is 2.48. The van der Waals surface area contributed by atoms with Gasteiger partial charge in [0, 0.05) is 19.8 Å². The van der Waals surface area contributed by atoms with Crippen LogP contribution in [0, 0.1) is 5.92 Å². The third kappa shape index (κ3) is 4.02. The molecule has 2 aliphatic heterocycles. The third-order valence-electron chi connectivity index (χ3n) is 6.44. The Morgan fingerprint density at radius 2 is 1.57 bits per heavy atom. The first kappa shape index (κ1) is 22.9. The summed E-state index contributed by atoms with van der Waals surface area (Å²) in [5.41, 5.74) is 3.21. The molecule has 0 aliphatic carbocycles. The Morgan fingerprint density at radius 1 is 0.886 bits per heavy atom. The molecule has 35 heavy (non-hydrogen) atoms. The first-order chi connectivity index (χ1) is 17.0. The van der Waals surface area contributed by atoms with Gasteiger partial charge in [-0.1, -0.05) is 49.4 Å². The fourth-order valence-electron chi connectivity index (χ4n) is 4.74. The molecule has 2 fully saturated rings. The van der Waals surface area contributed by atoms with Gasteiger partial charge in [0.15, 0.2) is 6.10 Å². The lowest BCUT2D eigenvalue weighted by molar-refractivity contribution is -0.126. The van der Waals surface area contributed by atoms with E-state index < -0.39 is 18.1 Å². The summed E-state index contributed by atoms with van der Waals surface area (Å²) in [5.74, 6) is -0.830. The quantitative estimate of drug-likeness (QED) is 0.470. The molecule has 2 heterocycles. The van der Waals surface area contributed by atoms with Crippen molar-refractivity contribution in [2.24, 2.45) is 5.92 Å². The van der Waals surface area contributed by atoms with Crippen LogP contribution in [0.5, 0.6) is 5.75 Å². The van der Waals surface area contributed by atoms with Gasteiger partial charge in [0.25, 0.3) is 5.91 Å². The van der Waals surface area contributed by atoms with Gasteiger partial charge in [-0.2, -0.15) is 0 Å². The predicted molar refractivity (Wildman–Crippen MR) is 136 cm³/mol. The molecule has 3 aromatic carbocycles. The monoisotopic (exact) mass is 471 g/mol. The van der Waals surface area contributed by atoms with Crippen LogP contribution in [0.1, 0.15) is 24.9 Å². The molecule has 0 N–H and O–H groups in total. The van der Waals surface area contributed by atoms with Crippen LogP contribution in [0.4, 0.5) is 17.1 Å². The zero-order chi connectivity index (χ0) is 24.5. The Labute approximate surface area is 205 Å². The van der Waals surface area contributed by atoms with Crippen LogP contribution in [0.25, 0.3) is 0 Å². The molecule has 2 amide bonds. The molecular weight excluding hydrogens is 442 g/mol. The van der Waals surface area contributed by atoms with Crippen LogP contribution in [0.3, 0.4) is 0 Å². The van der Waals surface area contributed by atoms with Gasteiger partial charge >= 0.3 is 0 Å². The maximum absolute atomic E-state index is 13.9. The van der Waals surface area contributed by atoms with Crippen molar-refractivity contribution in [3.63, 3.8) is 0 Å². The van der Waals surface area contributed by atoms with E-state index in [1.807, 2.05) is 86.6 Å². The third-order valence-corrected chi connectivity index (χ3v) is 6.44. The normalized spacial score (nSPS) is 21.4. The molecule has 2 aliphatic rings. The van der Waals surface area contributed by atoms with Gasteiger partial charge in [-0.25, -0.2) is 9.96 Å². The highest BCUT2D eigenvalue weighted by atomic mass is 16.7. The molecule has 0 saturated carbocycles. The Balaban J connectivity index is 1.55. The molecule has 5 rings (SSSR count). The number of rotatable bonds is 7. The number of para-hydroxylation sites is 3. The summed E-state index contributed by atoms with van der Waals surface area (Å²) in [6, 6.07) is 24.3. The number of hydroxylamine groups is 1. The van der Waals surface area contributed by atoms with Crippen LogP contribution in [0.15, 0.2) is 78.9 Å². The highest BCUT2D eigenvalue weighted by Gasteiger charge is 2.60. The van der Waals surface area contributed by atoms with Crippen LogP contribution >= 0.6 is 0 Å². The number of amides is 2. The Hall–Kier alpha value is -3.84. The van der Waals surface area contributed by atoms with Gasteiger partial charge in [-0.05, 0) is 48.4 Å². The molecule has 2 saturated heterocycles. The zero-order valence-electron chi connectivity index (χ0n) is 20.1. The standard InChI is InChI=1S/C28H29N3O4/c1-4-18-34-23-13-9-8-12-22(23)30-27(32)24-25(19-14-16-20(17-15-19)29(2)3)31(35-26(24)28(30)33)21-10-6-5-7-11-21/h5-17,24-26H,4,18H2,1-3H3/t24-,25-,26-/m1/s1. The van der Waals surface area contributed by atoms with Crippen LogP contribution in [-0.4, -0.2) is 38.6 Å². The molecule has 7 heteroatoms. The van der Waals surface area contributed by atoms with Gasteiger partial charge in [-0.15, -0.1) is 0 Å². The van der Waals surface area contributed by atoms with E-state index in [9.17, 15) is 9.59 Å². The summed E-state index contributed by atoms with van der Waals surface area (Å²) in [6.07, 6.45) is -0.0952. The number of fused-ring (bicyclic) bond motifs is 1. The van der Waals surface area contributed by atoms with Gasteiger partial charge in [0.1, 0.15) is 11.7 Å². The first-order valence-corrected chi connectivity index (χ1v) is 11.9. The summed E-state index contributed by atoms with van der Waals surface area (Å²) < 4.78 is 5.85. The van der Waals surface area contributed by atoms with Crippen molar-refractivity contribution < 1.29 is 19.2 Å². The highest BCUT2D eigenvalue weighted by molar-refractivity contribution is 6.24. The number of carbonyl (C=O) groups is 2. The molecule has 0 unspecified atom stereocenters. The Morgan fingerprint density at radius 3 is 2.26 bits per heavy atom. The summed E-state index contributed by atoms with van der Waals surface area (Å²) in [4.78, 5) is 37.0. The van der Waals surface area contributed by atoms with Gasteiger partial charge in [-0.3, -0.25) is 14.4 Å². The van der Waals surface area contributed by atoms with Crippen LogP contribution < -0.4 is 19.6 Å². The van der Waals surface area contributed by atoms with E-state index in [1.54, 1.807) is 23.3 Å². The summed E-state index contributed by atoms with van der Waals surface area (Å²) in [6.45, 7) is 2.51. The minimum atomic E-state index is -0.916. The largest absolute Gasteiger partial charge is 0.491 e. The van der Waals surface area contributed by atoms with Gasteiger partial charge in [0.05, 0.1) is 24.0 Å². The molecule has 7 nitrogen and oxygen atoms in total. The Kier molecular flexibility index (Phi) is 6.17. The van der Waals surface area contributed by atoms with Crippen molar-refractivity contribution in [2.75, 3.05) is 35.6 Å². The van der Waals surface area contributed by atoms with Crippen molar-refractivity contribution in [3.05, 3.63) is 84.4 Å². The zero-order valence-corrected chi connectivity index (χ0v) is 20.1. The average molecular weight is 472 g/mol. The molecule has 3 aromatic rings. The second kappa shape index (κ2) is 9.43. The maximum Gasteiger partial charge on any atom is 0.266 e. The van der Waals surface area contributed by atoms with Crippen molar-refractivity contribution in [1.82, 2.24) is 0 Å². The molecule has 0 bridgehead atoms. The van der Waals surface area contributed by atoms with Crippen molar-refractivity contribution in [3.8, 4) is 5.75 Å². The van der Waals surface area contributed by atoms with Crippen LogP contribution in [0.2, 0.25) is 0 Å². The number of benzene rings is 3. The fourth-order valence-corrected chi connectivity index (χ4v) is 4.74. The molecule has 0 aromatic heterocycles. The fraction of sp³-hybridized carbons (Fsp3) is 0.286. The van der Waals surface area contributed by atoms with Crippen molar-refractivity contribution in [1.29, 1.82) is 0 Å². The number of carbonyl (C=O) groups excluding carboxylic acids is 2. The van der Waals surface area contributed by atoms with E-state index in [0.29, 0.717) is 18.0 Å². The number of hydrogen-bond acceptors (Lipinski definition) is 6. The number of ether oxygens (including phenoxy) is 1.